The molecule has 3 heterocycles. The summed E-state index contributed by atoms with van der Waals surface area (Å²) in [5.74, 6) is 3.22. The molecule has 1 spiro atoms. The first kappa shape index (κ1) is 17.8. The van der Waals surface area contributed by atoms with Gasteiger partial charge >= 0.3 is 0 Å². The number of hydrogen-bond acceptors (Lipinski definition) is 6. The van der Waals surface area contributed by atoms with Crippen molar-refractivity contribution < 1.29 is 14.2 Å². The number of anilines is 1. The van der Waals surface area contributed by atoms with Crippen LogP contribution in [0.2, 0.25) is 0 Å². The quantitative estimate of drug-likeness (QED) is 0.672. The molecule has 0 bridgehead atoms. The molecule has 2 aliphatic rings. The van der Waals surface area contributed by atoms with E-state index in [0.717, 1.165) is 53.8 Å². The van der Waals surface area contributed by atoms with Crippen LogP contribution in [0.25, 0.3) is 16.8 Å². The van der Waals surface area contributed by atoms with E-state index in [1.165, 1.54) is 0 Å². The van der Waals surface area contributed by atoms with Crippen LogP contribution in [0, 0.1) is 0 Å². The molecule has 0 radical (unpaired) electrons. The van der Waals surface area contributed by atoms with E-state index in [-0.39, 0.29) is 5.60 Å². The first-order valence-corrected chi connectivity index (χ1v) is 9.81. The molecule has 1 saturated heterocycles. The average Bonchev–Trinajstić information content (AvgIpc) is 2.78. The molecule has 148 valence electrons. The van der Waals surface area contributed by atoms with Gasteiger partial charge in [-0.25, -0.2) is 0 Å². The van der Waals surface area contributed by atoms with Gasteiger partial charge in [0.1, 0.15) is 11.4 Å². The fourth-order valence-corrected chi connectivity index (χ4v) is 4.20. The lowest BCUT2D eigenvalue weighted by atomic mass is 9.88. The van der Waals surface area contributed by atoms with Crippen LogP contribution in [0.15, 0.2) is 48.7 Å². The van der Waals surface area contributed by atoms with E-state index in [1.54, 1.807) is 20.4 Å². The summed E-state index contributed by atoms with van der Waals surface area (Å²) in [4.78, 5) is 2.28. The minimum absolute atomic E-state index is 0.246. The third-order valence-electron chi connectivity index (χ3n) is 5.85. The van der Waals surface area contributed by atoms with Crippen LogP contribution in [0.1, 0.15) is 18.4 Å². The SMILES string of the molecule is COc1cc2cnnc(N3CCC4(C=Cc5ccccc5O4)CC3)c2cc1OC. The minimum atomic E-state index is -0.246. The fourth-order valence-electron chi connectivity index (χ4n) is 4.20. The van der Waals surface area contributed by atoms with Gasteiger partial charge in [0.15, 0.2) is 17.3 Å². The molecule has 0 saturated carbocycles. The third kappa shape index (κ3) is 3.05. The van der Waals surface area contributed by atoms with E-state index in [0.29, 0.717) is 11.5 Å². The van der Waals surface area contributed by atoms with Gasteiger partial charge in [-0.2, -0.15) is 5.10 Å². The van der Waals surface area contributed by atoms with Crippen molar-refractivity contribution in [3.63, 3.8) is 0 Å². The number of para-hydroxylation sites is 1. The van der Waals surface area contributed by atoms with Gasteiger partial charge < -0.3 is 19.1 Å². The van der Waals surface area contributed by atoms with Crippen molar-refractivity contribution in [1.29, 1.82) is 0 Å². The Labute approximate surface area is 169 Å². The van der Waals surface area contributed by atoms with Crippen LogP contribution < -0.4 is 19.1 Å². The maximum absolute atomic E-state index is 6.41. The first-order chi connectivity index (χ1) is 14.2. The molecular formula is C23H23N3O3. The largest absolute Gasteiger partial charge is 0.493 e. The zero-order valence-corrected chi connectivity index (χ0v) is 16.6. The molecule has 2 aliphatic heterocycles. The van der Waals surface area contributed by atoms with Crippen molar-refractivity contribution in [2.24, 2.45) is 0 Å². The Morgan fingerprint density at radius 3 is 2.59 bits per heavy atom. The molecular weight excluding hydrogens is 366 g/mol. The van der Waals surface area contributed by atoms with E-state index in [1.807, 2.05) is 30.3 Å². The van der Waals surface area contributed by atoms with E-state index < -0.39 is 0 Å². The van der Waals surface area contributed by atoms with Gasteiger partial charge in [0.2, 0.25) is 0 Å². The van der Waals surface area contributed by atoms with E-state index in [2.05, 4.69) is 33.3 Å². The zero-order chi connectivity index (χ0) is 19.8. The molecule has 29 heavy (non-hydrogen) atoms. The molecule has 1 fully saturated rings. The number of hydrogen-bond donors (Lipinski definition) is 0. The number of fused-ring (bicyclic) bond motifs is 2. The number of piperidine rings is 1. The van der Waals surface area contributed by atoms with Crippen LogP contribution >= 0.6 is 0 Å². The Morgan fingerprint density at radius 1 is 1.03 bits per heavy atom. The highest BCUT2D eigenvalue weighted by molar-refractivity contribution is 5.94. The lowest BCUT2D eigenvalue weighted by molar-refractivity contribution is 0.0891. The molecule has 0 N–H and O–H groups in total. The summed E-state index contributed by atoms with van der Waals surface area (Å²) in [5.41, 5.74) is 0.894. The van der Waals surface area contributed by atoms with Gasteiger partial charge in [-0.05, 0) is 24.3 Å². The van der Waals surface area contributed by atoms with E-state index in [4.69, 9.17) is 14.2 Å². The summed E-state index contributed by atoms with van der Waals surface area (Å²) in [6, 6.07) is 12.1. The van der Waals surface area contributed by atoms with E-state index in [9.17, 15) is 0 Å². The van der Waals surface area contributed by atoms with Gasteiger partial charge in [0, 0.05) is 42.3 Å². The Hall–Kier alpha value is -3.28. The fraction of sp³-hybridized carbons (Fsp3) is 0.304. The summed E-state index contributed by atoms with van der Waals surface area (Å²) in [6.07, 6.45) is 7.95. The monoisotopic (exact) mass is 389 g/mol. The van der Waals surface area contributed by atoms with Crippen molar-refractivity contribution in [2.75, 3.05) is 32.2 Å². The van der Waals surface area contributed by atoms with Gasteiger partial charge in [0.05, 0.1) is 20.4 Å². The smallest absolute Gasteiger partial charge is 0.161 e. The lowest BCUT2D eigenvalue weighted by Crippen LogP contribution is -2.48. The summed E-state index contributed by atoms with van der Waals surface area (Å²) < 4.78 is 17.3. The van der Waals surface area contributed by atoms with Crippen molar-refractivity contribution in [3.05, 3.63) is 54.2 Å². The third-order valence-corrected chi connectivity index (χ3v) is 5.85. The maximum Gasteiger partial charge on any atom is 0.161 e. The zero-order valence-electron chi connectivity index (χ0n) is 16.6. The highest BCUT2D eigenvalue weighted by Gasteiger charge is 2.37. The molecule has 0 atom stereocenters. The topological polar surface area (TPSA) is 56.7 Å². The number of ether oxygens (including phenoxy) is 3. The van der Waals surface area contributed by atoms with Crippen LogP contribution in [-0.2, 0) is 0 Å². The standard InChI is InChI=1S/C23H23N3O3/c1-27-20-13-17-15-24-25-22(18(17)14-21(20)28-2)26-11-9-23(10-12-26)8-7-16-5-3-4-6-19(16)29-23/h3-8,13-15H,9-12H2,1-2H3. The van der Waals surface area contributed by atoms with Crippen LogP contribution in [0.5, 0.6) is 17.2 Å². The second-order valence-corrected chi connectivity index (χ2v) is 7.49. The van der Waals surface area contributed by atoms with E-state index >= 15 is 0 Å². The molecule has 6 nitrogen and oxygen atoms in total. The van der Waals surface area contributed by atoms with Gasteiger partial charge in [-0.15, -0.1) is 5.10 Å². The summed E-state index contributed by atoms with van der Waals surface area (Å²) >= 11 is 0. The van der Waals surface area contributed by atoms with Crippen molar-refractivity contribution in [2.45, 2.75) is 18.4 Å². The number of benzene rings is 2. The van der Waals surface area contributed by atoms with Crippen LogP contribution in [-0.4, -0.2) is 43.1 Å². The number of nitrogens with zero attached hydrogens (tertiary/aromatic N) is 3. The molecule has 1 aromatic heterocycles. The molecule has 5 rings (SSSR count). The molecule has 3 aromatic rings. The Balaban J connectivity index is 1.42. The number of methoxy groups -OCH3 is 2. The second-order valence-electron chi connectivity index (χ2n) is 7.49. The number of aromatic nitrogens is 2. The number of rotatable bonds is 3. The molecule has 0 unspecified atom stereocenters. The van der Waals surface area contributed by atoms with Crippen LogP contribution in [0.4, 0.5) is 5.82 Å². The van der Waals surface area contributed by atoms with Gasteiger partial charge in [-0.3, -0.25) is 0 Å². The Kier molecular flexibility index (Phi) is 4.27. The predicted octanol–water partition coefficient (Wildman–Crippen LogP) is 4.09. The summed E-state index contributed by atoms with van der Waals surface area (Å²) in [6.45, 7) is 1.68. The molecule has 0 amide bonds. The van der Waals surface area contributed by atoms with Gasteiger partial charge in [-0.1, -0.05) is 24.3 Å². The van der Waals surface area contributed by atoms with Crippen LogP contribution in [0.3, 0.4) is 0 Å². The predicted molar refractivity (Wildman–Crippen MR) is 113 cm³/mol. The maximum atomic E-state index is 6.41. The molecule has 6 heteroatoms. The highest BCUT2D eigenvalue weighted by Crippen LogP contribution is 2.40. The minimum Gasteiger partial charge on any atom is -0.493 e. The van der Waals surface area contributed by atoms with Crippen molar-refractivity contribution >= 4 is 22.7 Å². The summed E-state index contributed by atoms with van der Waals surface area (Å²) in [7, 11) is 3.28. The van der Waals surface area contributed by atoms with Crippen molar-refractivity contribution in [1.82, 2.24) is 10.2 Å². The van der Waals surface area contributed by atoms with Crippen molar-refractivity contribution in [3.8, 4) is 17.2 Å². The molecule has 2 aromatic carbocycles. The van der Waals surface area contributed by atoms with Gasteiger partial charge in [0.25, 0.3) is 0 Å². The average molecular weight is 389 g/mol. The highest BCUT2D eigenvalue weighted by atomic mass is 16.5. The Bertz CT molecular complexity index is 1090. The lowest BCUT2D eigenvalue weighted by Gasteiger charge is -2.42. The second kappa shape index (κ2) is 6.95. The Morgan fingerprint density at radius 2 is 1.79 bits per heavy atom. The molecule has 0 aliphatic carbocycles. The first-order valence-electron chi connectivity index (χ1n) is 9.81. The summed E-state index contributed by atoms with van der Waals surface area (Å²) in [5, 5.41) is 10.7. The normalized spacial score (nSPS) is 17.1.